The predicted octanol–water partition coefficient (Wildman–Crippen LogP) is 2.92. The zero-order valence-corrected chi connectivity index (χ0v) is 11.7. The van der Waals surface area contributed by atoms with Gasteiger partial charge in [0, 0.05) is 0 Å². The molecule has 0 fully saturated rings. The van der Waals surface area contributed by atoms with E-state index in [4.69, 9.17) is 0 Å². The topological polar surface area (TPSA) is 59.1 Å². The number of hydrogen-bond donors (Lipinski definition) is 1. The molecule has 1 aromatic carbocycles. The summed E-state index contributed by atoms with van der Waals surface area (Å²) >= 11 is 3.06. The fourth-order valence-corrected chi connectivity index (χ4v) is 2.88. The first-order valence-corrected chi connectivity index (χ1v) is 7.27. The number of sulfonamides is 1. The van der Waals surface area contributed by atoms with E-state index in [2.05, 4.69) is 20.9 Å². The molecule has 0 bridgehead atoms. The Balaban J connectivity index is 2.44. The Kier molecular flexibility index (Phi) is 3.81. The van der Waals surface area contributed by atoms with Gasteiger partial charge in [0.2, 0.25) is 0 Å². The molecule has 100 valence electrons. The molecule has 0 radical (unpaired) electrons. The van der Waals surface area contributed by atoms with E-state index >= 15 is 0 Å². The van der Waals surface area contributed by atoms with Crippen molar-refractivity contribution in [2.75, 3.05) is 4.72 Å². The standard InChI is InChI=1S/C11H7BrF2N2O2S/c12-9-5-2-6-10(15-9)16-19(17,18)11-7(13)3-1-4-8(11)14/h1-6H,(H,15,16). The van der Waals surface area contributed by atoms with Crippen molar-refractivity contribution < 1.29 is 17.2 Å². The van der Waals surface area contributed by atoms with Crippen LogP contribution in [0.15, 0.2) is 45.9 Å². The summed E-state index contributed by atoms with van der Waals surface area (Å²) in [6.07, 6.45) is 0. The van der Waals surface area contributed by atoms with Crippen molar-refractivity contribution in [2.45, 2.75) is 4.90 Å². The molecule has 1 N–H and O–H groups in total. The molecule has 0 spiro atoms. The van der Waals surface area contributed by atoms with E-state index in [-0.39, 0.29) is 5.82 Å². The Morgan fingerprint density at radius 3 is 2.21 bits per heavy atom. The van der Waals surface area contributed by atoms with Gasteiger partial charge in [-0.15, -0.1) is 0 Å². The summed E-state index contributed by atoms with van der Waals surface area (Å²) in [7, 11) is -4.37. The van der Waals surface area contributed by atoms with Gasteiger partial charge in [0.25, 0.3) is 10.0 Å². The second-order valence-electron chi connectivity index (χ2n) is 3.50. The molecule has 2 rings (SSSR count). The molecule has 0 aliphatic rings. The number of nitrogens with zero attached hydrogens (tertiary/aromatic N) is 1. The third kappa shape index (κ3) is 3.07. The molecular weight excluding hydrogens is 342 g/mol. The largest absolute Gasteiger partial charge is 0.268 e. The number of rotatable bonds is 3. The summed E-state index contributed by atoms with van der Waals surface area (Å²) < 4.78 is 53.1. The maximum Gasteiger partial charge on any atom is 0.268 e. The summed E-state index contributed by atoms with van der Waals surface area (Å²) in [5, 5.41) is 0. The Labute approximate surface area is 116 Å². The van der Waals surface area contributed by atoms with Crippen LogP contribution in [-0.2, 0) is 10.0 Å². The van der Waals surface area contributed by atoms with Crippen molar-refractivity contribution in [3.05, 3.63) is 52.6 Å². The maximum atomic E-state index is 13.4. The number of pyridine rings is 1. The molecule has 0 aliphatic carbocycles. The summed E-state index contributed by atoms with van der Waals surface area (Å²) in [6.45, 7) is 0. The molecule has 1 heterocycles. The summed E-state index contributed by atoms with van der Waals surface area (Å²) in [5.74, 6) is -2.37. The monoisotopic (exact) mass is 348 g/mol. The molecule has 0 unspecified atom stereocenters. The van der Waals surface area contributed by atoms with Gasteiger partial charge in [0.15, 0.2) is 4.90 Å². The lowest BCUT2D eigenvalue weighted by atomic mass is 10.3. The van der Waals surface area contributed by atoms with Crippen LogP contribution in [0.25, 0.3) is 0 Å². The highest BCUT2D eigenvalue weighted by atomic mass is 79.9. The summed E-state index contributed by atoms with van der Waals surface area (Å²) in [4.78, 5) is 2.79. The minimum atomic E-state index is -4.37. The average Bonchev–Trinajstić information content (AvgIpc) is 2.27. The van der Waals surface area contributed by atoms with Crippen LogP contribution < -0.4 is 4.72 Å². The SMILES string of the molecule is O=S(=O)(Nc1cccc(Br)n1)c1c(F)cccc1F. The highest BCUT2D eigenvalue weighted by molar-refractivity contribution is 9.10. The third-order valence-corrected chi connectivity index (χ3v) is 3.99. The number of hydrogen-bond acceptors (Lipinski definition) is 3. The Bertz CT molecular complexity index is 702. The number of nitrogens with one attached hydrogen (secondary N) is 1. The van der Waals surface area contributed by atoms with E-state index in [0.29, 0.717) is 4.60 Å². The number of halogens is 3. The van der Waals surface area contributed by atoms with Crippen molar-refractivity contribution in [2.24, 2.45) is 0 Å². The van der Waals surface area contributed by atoms with Crippen LogP contribution in [0.5, 0.6) is 0 Å². The van der Waals surface area contributed by atoms with Crippen molar-refractivity contribution >= 4 is 31.8 Å². The maximum absolute atomic E-state index is 13.4. The molecule has 0 saturated heterocycles. The molecule has 0 amide bonds. The van der Waals surface area contributed by atoms with Crippen LogP contribution in [0.2, 0.25) is 0 Å². The van der Waals surface area contributed by atoms with Crippen molar-refractivity contribution in [3.63, 3.8) is 0 Å². The molecule has 19 heavy (non-hydrogen) atoms. The van der Waals surface area contributed by atoms with Crippen LogP contribution in [0.1, 0.15) is 0 Å². The van der Waals surface area contributed by atoms with Gasteiger partial charge in [-0.2, -0.15) is 0 Å². The Hall–Kier alpha value is -1.54. The average molecular weight is 349 g/mol. The highest BCUT2D eigenvalue weighted by Crippen LogP contribution is 2.21. The van der Waals surface area contributed by atoms with E-state index < -0.39 is 26.6 Å². The fraction of sp³-hybridized carbons (Fsp3) is 0. The lowest BCUT2D eigenvalue weighted by molar-refractivity contribution is 0.521. The number of anilines is 1. The molecule has 1 aromatic heterocycles. The smallest absolute Gasteiger partial charge is 0.263 e. The molecule has 0 atom stereocenters. The van der Waals surface area contributed by atoms with Gasteiger partial charge in [0.1, 0.15) is 22.1 Å². The molecular formula is C11H7BrF2N2O2S. The molecule has 8 heteroatoms. The van der Waals surface area contributed by atoms with Gasteiger partial charge in [0.05, 0.1) is 0 Å². The third-order valence-electron chi connectivity index (χ3n) is 2.14. The molecule has 2 aromatic rings. The second kappa shape index (κ2) is 5.22. The first-order chi connectivity index (χ1) is 8.90. The van der Waals surface area contributed by atoms with Gasteiger partial charge in [-0.3, -0.25) is 4.72 Å². The van der Waals surface area contributed by atoms with Gasteiger partial charge < -0.3 is 0 Å². The molecule has 0 saturated carbocycles. The van der Waals surface area contributed by atoms with Crippen LogP contribution in [0, 0.1) is 11.6 Å². The van der Waals surface area contributed by atoms with Crippen LogP contribution in [-0.4, -0.2) is 13.4 Å². The van der Waals surface area contributed by atoms with E-state index in [9.17, 15) is 17.2 Å². The minimum absolute atomic E-state index is 0.0444. The van der Waals surface area contributed by atoms with Crippen molar-refractivity contribution in [1.82, 2.24) is 4.98 Å². The number of benzene rings is 1. The first kappa shape index (κ1) is 13.9. The zero-order valence-electron chi connectivity index (χ0n) is 9.27. The fourth-order valence-electron chi connectivity index (χ4n) is 1.39. The van der Waals surface area contributed by atoms with E-state index in [1.54, 1.807) is 6.07 Å². The molecule has 0 aliphatic heterocycles. The quantitative estimate of drug-likeness (QED) is 0.867. The summed E-state index contributed by atoms with van der Waals surface area (Å²) in [6, 6.07) is 7.30. The van der Waals surface area contributed by atoms with E-state index in [1.807, 2.05) is 4.72 Å². The number of aromatic nitrogens is 1. The highest BCUT2D eigenvalue weighted by Gasteiger charge is 2.24. The van der Waals surface area contributed by atoms with Crippen molar-refractivity contribution in [1.29, 1.82) is 0 Å². The molecule has 4 nitrogen and oxygen atoms in total. The minimum Gasteiger partial charge on any atom is -0.263 e. The first-order valence-electron chi connectivity index (χ1n) is 4.99. The van der Waals surface area contributed by atoms with Crippen LogP contribution in [0.3, 0.4) is 0 Å². The van der Waals surface area contributed by atoms with Crippen LogP contribution >= 0.6 is 15.9 Å². The van der Waals surface area contributed by atoms with Gasteiger partial charge in [-0.1, -0.05) is 12.1 Å². The lowest BCUT2D eigenvalue weighted by Crippen LogP contribution is -2.17. The summed E-state index contributed by atoms with van der Waals surface area (Å²) in [5.41, 5.74) is 0. The normalized spacial score (nSPS) is 11.3. The Morgan fingerprint density at radius 2 is 1.63 bits per heavy atom. The van der Waals surface area contributed by atoms with E-state index in [1.165, 1.54) is 12.1 Å². The van der Waals surface area contributed by atoms with Crippen molar-refractivity contribution in [3.8, 4) is 0 Å². The Morgan fingerprint density at radius 1 is 1.05 bits per heavy atom. The lowest BCUT2D eigenvalue weighted by Gasteiger charge is -2.09. The van der Waals surface area contributed by atoms with Gasteiger partial charge >= 0.3 is 0 Å². The second-order valence-corrected chi connectivity index (χ2v) is 5.93. The van der Waals surface area contributed by atoms with Crippen LogP contribution in [0.4, 0.5) is 14.6 Å². The van der Waals surface area contributed by atoms with E-state index in [0.717, 1.165) is 18.2 Å². The van der Waals surface area contributed by atoms with Gasteiger partial charge in [-0.25, -0.2) is 22.2 Å². The predicted molar refractivity (Wildman–Crippen MR) is 69.1 cm³/mol. The van der Waals surface area contributed by atoms with Gasteiger partial charge in [-0.05, 0) is 40.2 Å². The zero-order chi connectivity index (χ0) is 14.0.